The molecule has 3 aromatic rings. The highest BCUT2D eigenvalue weighted by atomic mass is 16.1. The summed E-state index contributed by atoms with van der Waals surface area (Å²) in [6, 6.07) is 21.6. The van der Waals surface area contributed by atoms with E-state index in [1.54, 1.807) is 6.20 Å². The largest absolute Gasteiger partial charge is 0.348 e. The maximum atomic E-state index is 12.9. The highest BCUT2D eigenvalue weighted by molar-refractivity contribution is 5.95. The molecule has 0 spiro atoms. The zero-order valence-electron chi connectivity index (χ0n) is 18.2. The van der Waals surface area contributed by atoms with E-state index < -0.39 is 0 Å². The van der Waals surface area contributed by atoms with Gasteiger partial charge in [-0.1, -0.05) is 72.9 Å². The first kappa shape index (κ1) is 20.7. The summed E-state index contributed by atoms with van der Waals surface area (Å²) in [7, 11) is 0. The average molecular weight is 432 g/mol. The number of amides is 1. The smallest absolute Gasteiger partial charge is 0.251 e. The van der Waals surface area contributed by atoms with E-state index in [-0.39, 0.29) is 5.91 Å². The van der Waals surface area contributed by atoms with Gasteiger partial charge in [0.05, 0.1) is 0 Å². The highest BCUT2D eigenvalue weighted by Gasteiger charge is 2.22. The highest BCUT2D eigenvalue weighted by Crippen LogP contribution is 2.31. The Labute approximate surface area is 194 Å². The van der Waals surface area contributed by atoms with Crippen molar-refractivity contribution in [3.05, 3.63) is 127 Å². The van der Waals surface area contributed by atoms with Crippen LogP contribution in [0.3, 0.4) is 0 Å². The predicted octanol–water partition coefficient (Wildman–Crippen LogP) is 6.08. The van der Waals surface area contributed by atoms with Gasteiger partial charge in [-0.05, 0) is 53.1 Å². The fourth-order valence-corrected chi connectivity index (χ4v) is 4.25. The second-order valence-electron chi connectivity index (χ2n) is 8.18. The molecule has 5 rings (SSSR count). The van der Waals surface area contributed by atoms with Crippen LogP contribution in [-0.4, -0.2) is 17.4 Å². The number of para-hydroxylation sites is 1. The van der Waals surface area contributed by atoms with E-state index in [2.05, 4.69) is 58.1 Å². The number of carbonyl (C=O) groups is 1. The second-order valence-corrected chi connectivity index (χ2v) is 8.18. The quantitative estimate of drug-likeness (QED) is 0.498. The molecule has 0 saturated heterocycles. The molecule has 1 amide bonds. The number of hydrogen-bond acceptors (Lipinski definition) is 3. The van der Waals surface area contributed by atoms with Crippen molar-refractivity contribution in [3.8, 4) is 11.1 Å². The SMILES string of the molecule is O=C(NCC1=CC=CC2C=CC=CC12)c1cccc(-c2ccnc(Nc3ccccc3)c2)c1. The molecule has 4 nitrogen and oxygen atoms in total. The van der Waals surface area contributed by atoms with E-state index in [1.807, 2.05) is 66.7 Å². The van der Waals surface area contributed by atoms with Crippen LogP contribution >= 0.6 is 0 Å². The molecule has 4 heteroatoms. The van der Waals surface area contributed by atoms with Crippen molar-refractivity contribution in [3.63, 3.8) is 0 Å². The van der Waals surface area contributed by atoms with E-state index >= 15 is 0 Å². The molecule has 1 heterocycles. The maximum absolute atomic E-state index is 12.9. The van der Waals surface area contributed by atoms with Gasteiger partial charge >= 0.3 is 0 Å². The molecule has 0 aliphatic heterocycles. The van der Waals surface area contributed by atoms with Gasteiger partial charge in [-0.3, -0.25) is 4.79 Å². The molecular weight excluding hydrogens is 406 g/mol. The fourth-order valence-electron chi connectivity index (χ4n) is 4.25. The molecule has 2 atom stereocenters. The number of fused-ring (bicyclic) bond motifs is 1. The zero-order valence-corrected chi connectivity index (χ0v) is 18.2. The number of nitrogens with zero attached hydrogens (tertiary/aromatic N) is 1. The lowest BCUT2D eigenvalue weighted by atomic mass is 9.79. The predicted molar refractivity (Wildman–Crippen MR) is 134 cm³/mol. The van der Waals surface area contributed by atoms with Gasteiger partial charge in [0, 0.05) is 35.8 Å². The minimum atomic E-state index is -0.0733. The molecule has 162 valence electrons. The molecule has 0 bridgehead atoms. The van der Waals surface area contributed by atoms with Gasteiger partial charge in [0.2, 0.25) is 0 Å². The lowest BCUT2D eigenvalue weighted by Gasteiger charge is -2.27. The Morgan fingerprint density at radius 2 is 1.67 bits per heavy atom. The molecule has 2 aliphatic carbocycles. The lowest BCUT2D eigenvalue weighted by Crippen LogP contribution is -2.29. The number of anilines is 2. The molecule has 2 aromatic carbocycles. The number of pyridine rings is 1. The van der Waals surface area contributed by atoms with E-state index in [9.17, 15) is 4.79 Å². The van der Waals surface area contributed by atoms with Crippen molar-refractivity contribution >= 4 is 17.4 Å². The summed E-state index contributed by atoms with van der Waals surface area (Å²) in [5, 5.41) is 6.42. The standard InChI is InChI=1S/C29H25N3O/c33-29(31-20-25-12-6-9-21-8-4-5-15-27(21)25)24-11-7-10-22(18-24)23-16-17-30-28(19-23)32-26-13-2-1-3-14-26/h1-19,21,27H,20H2,(H,30,32)(H,31,33). The average Bonchev–Trinajstić information content (AvgIpc) is 2.88. The maximum Gasteiger partial charge on any atom is 0.251 e. The number of rotatable bonds is 6. The molecular formula is C29H25N3O. The van der Waals surface area contributed by atoms with E-state index in [0.717, 1.165) is 22.6 Å². The first-order chi connectivity index (χ1) is 16.3. The monoisotopic (exact) mass is 431 g/mol. The summed E-state index contributed by atoms with van der Waals surface area (Å²) in [6.45, 7) is 0.535. The van der Waals surface area contributed by atoms with Crippen molar-refractivity contribution in [2.45, 2.75) is 0 Å². The third-order valence-corrected chi connectivity index (χ3v) is 5.97. The molecule has 33 heavy (non-hydrogen) atoms. The van der Waals surface area contributed by atoms with Gasteiger partial charge < -0.3 is 10.6 Å². The van der Waals surface area contributed by atoms with Gasteiger partial charge in [0.15, 0.2) is 0 Å². The summed E-state index contributed by atoms with van der Waals surface area (Å²) in [6.07, 6.45) is 16.7. The molecule has 2 aliphatic rings. The first-order valence-electron chi connectivity index (χ1n) is 11.2. The van der Waals surface area contributed by atoms with E-state index in [1.165, 1.54) is 5.57 Å². The fraction of sp³-hybridized carbons (Fsp3) is 0.103. The second kappa shape index (κ2) is 9.53. The molecule has 0 fully saturated rings. The van der Waals surface area contributed by atoms with Gasteiger partial charge in [-0.25, -0.2) is 4.98 Å². The van der Waals surface area contributed by atoms with Crippen LogP contribution in [0, 0.1) is 11.8 Å². The molecule has 2 unspecified atom stereocenters. The van der Waals surface area contributed by atoms with Crippen molar-refractivity contribution < 1.29 is 4.79 Å². The summed E-state index contributed by atoms with van der Waals surface area (Å²) in [4.78, 5) is 17.3. The van der Waals surface area contributed by atoms with Crippen molar-refractivity contribution in [2.75, 3.05) is 11.9 Å². The third kappa shape index (κ3) is 4.85. The first-order valence-corrected chi connectivity index (χ1v) is 11.2. The molecule has 0 saturated carbocycles. The lowest BCUT2D eigenvalue weighted by molar-refractivity contribution is 0.0956. The summed E-state index contributed by atoms with van der Waals surface area (Å²) in [5.74, 6) is 1.38. The van der Waals surface area contributed by atoms with Gasteiger partial charge in [0.1, 0.15) is 5.82 Å². The van der Waals surface area contributed by atoms with Crippen molar-refractivity contribution in [1.82, 2.24) is 10.3 Å². The number of allylic oxidation sites excluding steroid dienone is 7. The number of nitrogens with one attached hydrogen (secondary N) is 2. The van der Waals surface area contributed by atoms with Gasteiger partial charge in [-0.15, -0.1) is 0 Å². The summed E-state index contributed by atoms with van der Waals surface area (Å²) < 4.78 is 0. The van der Waals surface area contributed by atoms with Crippen LogP contribution in [0.5, 0.6) is 0 Å². The Morgan fingerprint density at radius 3 is 2.58 bits per heavy atom. The number of aromatic nitrogens is 1. The van der Waals surface area contributed by atoms with Crippen molar-refractivity contribution in [2.24, 2.45) is 11.8 Å². The zero-order chi connectivity index (χ0) is 22.5. The molecule has 0 radical (unpaired) electrons. The van der Waals surface area contributed by atoms with Crippen LogP contribution in [0.1, 0.15) is 10.4 Å². The number of carbonyl (C=O) groups excluding carboxylic acids is 1. The molecule has 1 aromatic heterocycles. The Hall–Kier alpha value is -4.18. The Balaban J connectivity index is 1.28. The minimum Gasteiger partial charge on any atom is -0.348 e. The van der Waals surface area contributed by atoms with Gasteiger partial charge in [-0.2, -0.15) is 0 Å². The van der Waals surface area contributed by atoms with Gasteiger partial charge in [0.25, 0.3) is 5.91 Å². The van der Waals surface area contributed by atoms with Crippen molar-refractivity contribution in [1.29, 1.82) is 0 Å². The minimum absolute atomic E-state index is 0.0733. The van der Waals surface area contributed by atoms with Crippen LogP contribution in [0.25, 0.3) is 11.1 Å². The van der Waals surface area contributed by atoms with Crippen LogP contribution in [0.4, 0.5) is 11.5 Å². The topological polar surface area (TPSA) is 54.0 Å². The Kier molecular flexibility index (Phi) is 5.98. The molecule has 2 N–H and O–H groups in total. The van der Waals surface area contributed by atoms with Crippen LogP contribution in [0.15, 0.2) is 121 Å². The summed E-state index contributed by atoms with van der Waals surface area (Å²) in [5.41, 5.74) is 4.82. The van der Waals surface area contributed by atoms with E-state index in [0.29, 0.717) is 23.9 Å². The number of benzene rings is 2. The Morgan fingerprint density at radius 1 is 0.848 bits per heavy atom. The Bertz CT molecular complexity index is 1270. The van der Waals surface area contributed by atoms with Crippen LogP contribution in [0.2, 0.25) is 0 Å². The normalized spacial score (nSPS) is 18.4. The van der Waals surface area contributed by atoms with Crippen LogP contribution in [-0.2, 0) is 0 Å². The number of hydrogen-bond donors (Lipinski definition) is 2. The third-order valence-electron chi connectivity index (χ3n) is 5.97. The van der Waals surface area contributed by atoms with E-state index in [4.69, 9.17) is 0 Å². The van der Waals surface area contributed by atoms with Crippen LogP contribution < -0.4 is 10.6 Å². The summed E-state index contributed by atoms with van der Waals surface area (Å²) >= 11 is 0.